The molecule has 0 aliphatic carbocycles. The van der Waals surface area contributed by atoms with E-state index in [0.717, 1.165) is 23.1 Å². The van der Waals surface area contributed by atoms with Crippen LogP contribution in [0.15, 0.2) is 24.3 Å². The highest BCUT2D eigenvalue weighted by Crippen LogP contribution is 2.24. The molecule has 1 aliphatic rings. The topological polar surface area (TPSA) is 70.2 Å². The van der Waals surface area contributed by atoms with Crippen LogP contribution in [0, 0.1) is 0 Å². The van der Waals surface area contributed by atoms with Crippen molar-refractivity contribution in [2.24, 2.45) is 0 Å². The largest absolute Gasteiger partial charge is 0.365 e. The van der Waals surface area contributed by atoms with Crippen molar-refractivity contribution in [1.82, 2.24) is 14.9 Å². The summed E-state index contributed by atoms with van der Waals surface area (Å²) in [5.41, 5.74) is 0.902. The fourth-order valence-electron chi connectivity index (χ4n) is 2.62. The zero-order chi connectivity index (χ0) is 14.8. The van der Waals surface area contributed by atoms with E-state index in [1.807, 2.05) is 31.3 Å². The predicted molar refractivity (Wildman–Crippen MR) is 83.4 cm³/mol. The third-order valence-electron chi connectivity index (χ3n) is 3.79. The number of carbonyl (C=O) groups excluding carboxylic acids is 1. The lowest BCUT2D eigenvalue weighted by atomic mass is 10.1. The number of carbonyl (C=O) groups is 1. The molecular formula is C15H19N5O. The van der Waals surface area contributed by atoms with Crippen molar-refractivity contribution in [3.8, 4) is 0 Å². The lowest BCUT2D eigenvalue weighted by Crippen LogP contribution is -2.43. The molecule has 1 aromatic heterocycles. The van der Waals surface area contributed by atoms with Crippen LogP contribution in [0.1, 0.15) is 12.8 Å². The number of fused-ring (bicyclic) bond motifs is 1. The molecule has 1 aromatic carbocycles. The smallest absolute Gasteiger partial charge is 0.224 e. The Kier molecular flexibility index (Phi) is 3.60. The molecule has 3 rings (SSSR count). The van der Waals surface area contributed by atoms with Gasteiger partial charge in [0.15, 0.2) is 0 Å². The zero-order valence-electron chi connectivity index (χ0n) is 12.3. The van der Waals surface area contributed by atoms with Gasteiger partial charge in [0.1, 0.15) is 5.82 Å². The number of nitrogens with one attached hydrogen (secondary N) is 2. The second-order valence-electron chi connectivity index (χ2n) is 5.32. The number of rotatable bonds is 3. The van der Waals surface area contributed by atoms with Crippen LogP contribution in [0.2, 0.25) is 0 Å². The van der Waals surface area contributed by atoms with Gasteiger partial charge >= 0.3 is 0 Å². The predicted octanol–water partition coefficient (Wildman–Crippen LogP) is 1.70. The van der Waals surface area contributed by atoms with Crippen molar-refractivity contribution in [1.29, 1.82) is 0 Å². The number of piperidine rings is 1. The summed E-state index contributed by atoms with van der Waals surface area (Å²) in [7, 11) is 3.65. The fraction of sp³-hybridized carbons (Fsp3) is 0.400. The molecule has 2 aromatic rings. The molecule has 1 atom stereocenters. The molecule has 21 heavy (non-hydrogen) atoms. The van der Waals surface area contributed by atoms with E-state index in [2.05, 4.69) is 20.6 Å². The first-order valence-electron chi connectivity index (χ1n) is 7.12. The summed E-state index contributed by atoms with van der Waals surface area (Å²) in [6, 6.07) is 8.14. The van der Waals surface area contributed by atoms with Crippen LogP contribution in [-0.4, -0.2) is 47.5 Å². The standard InChI is InChI=1S/C15H19N5O/c1-16-15-18-12-6-4-3-5-11(12)14(19-15)17-10-7-8-13(21)20(2)9-10/h3-6,10H,7-9H2,1-2H3,(H2,16,17,18,19). The molecular weight excluding hydrogens is 266 g/mol. The molecule has 2 N–H and O–H groups in total. The average Bonchev–Trinajstić information content (AvgIpc) is 2.51. The minimum atomic E-state index is 0.205. The third kappa shape index (κ3) is 2.74. The molecule has 0 spiro atoms. The minimum absolute atomic E-state index is 0.205. The van der Waals surface area contributed by atoms with Gasteiger partial charge in [-0.15, -0.1) is 0 Å². The van der Waals surface area contributed by atoms with Gasteiger partial charge in [0.05, 0.1) is 5.52 Å². The van der Waals surface area contributed by atoms with Gasteiger partial charge in [-0.2, -0.15) is 4.98 Å². The Morgan fingerprint density at radius 1 is 1.29 bits per heavy atom. The van der Waals surface area contributed by atoms with Crippen molar-refractivity contribution < 1.29 is 4.79 Å². The van der Waals surface area contributed by atoms with Crippen molar-refractivity contribution in [3.63, 3.8) is 0 Å². The van der Waals surface area contributed by atoms with Gasteiger partial charge in [-0.25, -0.2) is 4.98 Å². The number of likely N-dealkylation sites (N-methyl/N-ethyl adjacent to an activating group) is 1. The highest BCUT2D eigenvalue weighted by Gasteiger charge is 2.23. The van der Waals surface area contributed by atoms with Crippen molar-refractivity contribution in [2.75, 3.05) is 31.3 Å². The molecule has 1 fully saturated rings. The van der Waals surface area contributed by atoms with E-state index < -0.39 is 0 Å². The molecule has 6 nitrogen and oxygen atoms in total. The number of hydrogen-bond acceptors (Lipinski definition) is 5. The Morgan fingerprint density at radius 3 is 2.86 bits per heavy atom. The van der Waals surface area contributed by atoms with Gasteiger partial charge in [0.25, 0.3) is 0 Å². The number of aromatic nitrogens is 2. The molecule has 110 valence electrons. The molecule has 1 amide bonds. The van der Waals surface area contributed by atoms with E-state index in [1.165, 1.54) is 0 Å². The Balaban J connectivity index is 1.91. The van der Waals surface area contributed by atoms with Gasteiger partial charge in [-0.05, 0) is 18.6 Å². The normalized spacial score (nSPS) is 18.9. The summed E-state index contributed by atoms with van der Waals surface area (Å²) in [6.07, 6.45) is 1.41. The summed E-state index contributed by atoms with van der Waals surface area (Å²) in [5, 5.41) is 7.45. The van der Waals surface area contributed by atoms with Gasteiger partial charge in [0.2, 0.25) is 11.9 Å². The van der Waals surface area contributed by atoms with Gasteiger partial charge in [-0.3, -0.25) is 4.79 Å². The first kappa shape index (κ1) is 13.6. The molecule has 1 unspecified atom stereocenters. The summed E-state index contributed by atoms with van der Waals surface area (Å²) >= 11 is 0. The minimum Gasteiger partial charge on any atom is -0.365 e. The summed E-state index contributed by atoms with van der Waals surface area (Å²) < 4.78 is 0. The first-order chi connectivity index (χ1) is 10.2. The van der Waals surface area contributed by atoms with Crippen LogP contribution < -0.4 is 10.6 Å². The van der Waals surface area contributed by atoms with Gasteiger partial charge < -0.3 is 15.5 Å². The molecule has 0 radical (unpaired) electrons. The Morgan fingerprint density at radius 2 is 2.10 bits per heavy atom. The number of nitrogens with zero attached hydrogens (tertiary/aromatic N) is 3. The summed E-state index contributed by atoms with van der Waals surface area (Å²) in [6.45, 7) is 0.700. The Labute approximate surface area is 123 Å². The van der Waals surface area contributed by atoms with E-state index in [1.54, 1.807) is 11.9 Å². The van der Waals surface area contributed by atoms with Crippen LogP contribution in [0.4, 0.5) is 11.8 Å². The van der Waals surface area contributed by atoms with E-state index in [4.69, 9.17) is 0 Å². The molecule has 1 saturated heterocycles. The maximum atomic E-state index is 11.6. The number of benzene rings is 1. The SMILES string of the molecule is CNc1nc(NC2CCC(=O)N(C)C2)c2ccccc2n1. The van der Waals surface area contributed by atoms with Crippen molar-refractivity contribution >= 4 is 28.6 Å². The second kappa shape index (κ2) is 5.55. The first-order valence-corrected chi connectivity index (χ1v) is 7.12. The number of amides is 1. The van der Waals surface area contributed by atoms with Crippen LogP contribution >= 0.6 is 0 Å². The average molecular weight is 285 g/mol. The van der Waals surface area contributed by atoms with Crippen molar-refractivity contribution in [2.45, 2.75) is 18.9 Å². The number of para-hydroxylation sites is 1. The number of hydrogen-bond donors (Lipinski definition) is 2. The van der Waals surface area contributed by atoms with Crippen LogP contribution in [0.25, 0.3) is 10.9 Å². The van der Waals surface area contributed by atoms with Crippen molar-refractivity contribution in [3.05, 3.63) is 24.3 Å². The van der Waals surface area contributed by atoms with E-state index >= 15 is 0 Å². The molecule has 0 saturated carbocycles. The van der Waals surface area contributed by atoms with Crippen LogP contribution in [0.3, 0.4) is 0 Å². The van der Waals surface area contributed by atoms with Gasteiger partial charge in [-0.1, -0.05) is 12.1 Å². The quantitative estimate of drug-likeness (QED) is 0.898. The van der Waals surface area contributed by atoms with Crippen LogP contribution in [-0.2, 0) is 4.79 Å². The number of anilines is 2. The Bertz CT molecular complexity index is 672. The summed E-state index contributed by atoms with van der Waals surface area (Å²) in [4.78, 5) is 22.3. The monoisotopic (exact) mass is 285 g/mol. The highest BCUT2D eigenvalue weighted by atomic mass is 16.2. The Hall–Kier alpha value is -2.37. The molecule has 6 heteroatoms. The molecule has 2 heterocycles. The maximum Gasteiger partial charge on any atom is 0.224 e. The van der Waals surface area contributed by atoms with E-state index in [-0.39, 0.29) is 11.9 Å². The fourth-order valence-corrected chi connectivity index (χ4v) is 2.62. The van der Waals surface area contributed by atoms with Crippen LogP contribution in [0.5, 0.6) is 0 Å². The lowest BCUT2D eigenvalue weighted by Gasteiger charge is -2.30. The number of likely N-dealkylation sites (tertiary alicyclic amines) is 1. The highest BCUT2D eigenvalue weighted by molar-refractivity contribution is 5.90. The van der Waals surface area contributed by atoms with Gasteiger partial charge in [0, 0.05) is 38.5 Å². The summed E-state index contributed by atoms with van der Waals surface area (Å²) in [5.74, 6) is 1.62. The molecule has 1 aliphatic heterocycles. The molecule has 0 bridgehead atoms. The van der Waals surface area contributed by atoms with E-state index in [0.29, 0.717) is 18.9 Å². The third-order valence-corrected chi connectivity index (χ3v) is 3.79. The lowest BCUT2D eigenvalue weighted by molar-refractivity contribution is -0.132. The zero-order valence-corrected chi connectivity index (χ0v) is 12.3. The second-order valence-corrected chi connectivity index (χ2v) is 5.32. The maximum absolute atomic E-state index is 11.6. The van der Waals surface area contributed by atoms with E-state index in [9.17, 15) is 4.79 Å².